The average molecular weight is 257 g/mol. The van der Waals surface area contributed by atoms with E-state index in [9.17, 15) is 0 Å². The number of hydrogen-bond acceptors (Lipinski definition) is 5. The SMILES string of the molecule is CNC(C)c1csc(N(C)CCOC(C)C)n1. The summed E-state index contributed by atoms with van der Waals surface area (Å²) in [5.74, 6) is 0. The molecule has 1 aromatic heterocycles. The van der Waals surface area contributed by atoms with E-state index < -0.39 is 0 Å². The lowest BCUT2D eigenvalue weighted by atomic mass is 10.3. The van der Waals surface area contributed by atoms with Crippen molar-refractivity contribution >= 4 is 16.5 Å². The normalized spacial score (nSPS) is 13.1. The first-order chi connectivity index (χ1) is 8.04. The molecule has 0 saturated heterocycles. The van der Waals surface area contributed by atoms with E-state index in [1.54, 1.807) is 11.3 Å². The smallest absolute Gasteiger partial charge is 0.185 e. The molecule has 1 aromatic rings. The molecule has 0 aliphatic heterocycles. The first kappa shape index (κ1) is 14.4. The highest BCUT2D eigenvalue weighted by molar-refractivity contribution is 7.13. The van der Waals surface area contributed by atoms with E-state index in [2.05, 4.69) is 48.4 Å². The van der Waals surface area contributed by atoms with Crippen LogP contribution in [0.1, 0.15) is 32.5 Å². The van der Waals surface area contributed by atoms with Gasteiger partial charge >= 0.3 is 0 Å². The van der Waals surface area contributed by atoms with Gasteiger partial charge in [0.25, 0.3) is 0 Å². The zero-order valence-electron chi connectivity index (χ0n) is 11.4. The summed E-state index contributed by atoms with van der Waals surface area (Å²) in [7, 11) is 4.00. The second kappa shape index (κ2) is 6.93. The predicted molar refractivity (Wildman–Crippen MR) is 73.9 cm³/mol. The van der Waals surface area contributed by atoms with Crippen LogP contribution in [0, 0.1) is 0 Å². The van der Waals surface area contributed by atoms with Crippen LogP contribution in [-0.4, -0.2) is 38.3 Å². The van der Waals surface area contributed by atoms with Crippen molar-refractivity contribution in [3.05, 3.63) is 11.1 Å². The van der Waals surface area contributed by atoms with E-state index in [-0.39, 0.29) is 0 Å². The minimum Gasteiger partial charge on any atom is -0.377 e. The first-order valence-electron chi connectivity index (χ1n) is 6.00. The maximum Gasteiger partial charge on any atom is 0.185 e. The third-order valence-electron chi connectivity index (χ3n) is 2.59. The molecule has 1 heterocycles. The Balaban J connectivity index is 2.46. The van der Waals surface area contributed by atoms with Crippen molar-refractivity contribution < 1.29 is 4.74 Å². The number of hydrogen-bond donors (Lipinski definition) is 1. The van der Waals surface area contributed by atoms with Gasteiger partial charge in [-0.2, -0.15) is 0 Å². The van der Waals surface area contributed by atoms with Gasteiger partial charge in [0.1, 0.15) is 0 Å². The lowest BCUT2D eigenvalue weighted by Crippen LogP contribution is -2.24. The molecule has 5 heteroatoms. The van der Waals surface area contributed by atoms with Crippen LogP contribution in [-0.2, 0) is 4.74 Å². The van der Waals surface area contributed by atoms with Gasteiger partial charge in [-0.1, -0.05) is 0 Å². The molecule has 0 radical (unpaired) electrons. The van der Waals surface area contributed by atoms with Crippen molar-refractivity contribution in [2.24, 2.45) is 0 Å². The number of ether oxygens (including phenoxy) is 1. The van der Waals surface area contributed by atoms with Crippen molar-refractivity contribution in [1.29, 1.82) is 0 Å². The molecule has 1 unspecified atom stereocenters. The molecule has 0 spiro atoms. The Morgan fingerprint density at radius 3 is 2.76 bits per heavy atom. The summed E-state index contributed by atoms with van der Waals surface area (Å²) in [5.41, 5.74) is 1.10. The zero-order valence-corrected chi connectivity index (χ0v) is 12.2. The second-order valence-corrected chi connectivity index (χ2v) is 5.24. The van der Waals surface area contributed by atoms with Crippen molar-refractivity contribution in [3.63, 3.8) is 0 Å². The average Bonchev–Trinajstić information content (AvgIpc) is 2.76. The standard InChI is InChI=1S/C12H23N3OS/c1-9(2)16-7-6-15(5)12-14-11(8-17-12)10(3)13-4/h8-10,13H,6-7H2,1-5H3. The van der Waals surface area contributed by atoms with E-state index in [0.29, 0.717) is 12.1 Å². The molecule has 4 nitrogen and oxygen atoms in total. The van der Waals surface area contributed by atoms with Crippen molar-refractivity contribution in [2.45, 2.75) is 32.9 Å². The highest BCUT2D eigenvalue weighted by Crippen LogP contribution is 2.22. The summed E-state index contributed by atoms with van der Waals surface area (Å²) in [4.78, 5) is 6.74. The quantitative estimate of drug-likeness (QED) is 0.813. The number of nitrogens with one attached hydrogen (secondary N) is 1. The fourth-order valence-corrected chi connectivity index (χ4v) is 2.23. The summed E-state index contributed by atoms with van der Waals surface area (Å²) in [5, 5.41) is 6.35. The predicted octanol–water partition coefficient (Wildman–Crippen LogP) is 2.28. The lowest BCUT2D eigenvalue weighted by molar-refractivity contribution is 0.0846. The Hall–Kier alpha value is -0.650. The van der Waals surface area contributed by atoms with Gasteiger partial charge in [0.05, 0.1) is 18.4 Å². The van der Waals surface area contributed by atoms with Crippen molar-refractivity contribution in [1.82, 2.24) is 10.3 Å². The van der Waals surface area contributed by atoms with E-state index in [0.717, 1.165) is 24.0 Å². The molecule has 0 fully saturated rings. The molecule has 0 saturated carbocycles. The van der Waals surface area contributed by atoms with Gasteiger partial charge in [-0.05, 0) is 27.8 Å². The molecule has 0 aliphatic carbocycles. The van der Waals surface area contributed by atoms with Gasteiger partial charge in [-0.15, -0.1) is 11.3 Å². The Labute approximate surface area is 108 Å². The van der Waals surface area contributed by atoms with Crippen LogP contribution in [0.4, 0.5) is 5.13 Å². The molecule has 0 amide bonds. The zero-order chi connectivity index (χ0) is 12.8. The summed E-state index contributed by atoms with van der Waals surface area (Å²) in [6, 6.07) is 0.306. The maximum atomic E-state index is 5.53. The lowest BCUT2D eigenvalue weighted by Gasteiger charge is -2.16. The number of anilines is 1. The second-order valence-electron chi connectivity index (χ2n) is 4.41. The number of aromatic nitrogens is 1. The third kappa shape index (κ3) is 4.61. The van der Waals surface area contributed by atoms with Crippen LogP contribution in [0.25, 0.3) is 0 Å². The fraction of sp³-hybridized carbons (Fsp3) is 0.750. The topological polar surface area (TPSA) is 37.4 Å². The van der Waals surface area contributed by atoms with E-state index in [1.807, 2.05) is 7.05 Å². The number of likely N-dealkylation sites (N-methyl/N-ethyl adjacent to an activating group) is 1. The molecule has 17 heavy (non-hydrogen) atoms. The molecule has 1 rings (SSSR count). The van der Waals surface area contributed by atoms with Crippen molar-refractivity contribution in [3.8, 4) is 0 Å². The number of rotatable bonds is 7. The van der Waals surface area contributed by atoms with Gasteiger partial charge in [-0.25, -0.2) is 4.98 Å². The molecule has 0 aliphatic rings. The number of nitrogens with zero attached hydrogens (tertiary/aromatic N) is 2. The molecule has 0 bridgehead atoms. The van der Waals surface area contributed by atoms with Gasteiger partial charge in [0.2, 0.25) is 0 Å². The fourth-order valence-electron chi connectivity index (χ4n) is 1.32. The Kier molecular flexibility index (Phi) is 5.88. The van der Waals surface area contributed by atoms with Gasteiger partial charge in [-0.3, -0.25) is 0 Å². The molecular weight excluding hydrogens is 234 g/mol. The summed E-state index contributed by atoms with van der Waals surface area (Å²) in [6.45, 7) is 7.83. The van der Waals surface area contributed by atoms with Gasteiger partial charge < -0.3 is 15.0 Å². The van der Waals surface area contributed by atoms with E-state index >= 15 is 0 Å². The number of thiazole rings is 1. The molecule has 1 atom stereocenters. The molecule has 0 aromatic carbocycles. The molecule has 1 N–H and O–H groups in total. The largest absolute Gasteiger partial charge is 0.377 e. The molecular formula is C12H23N3OS. The minimum absolute atomic E-state index is 0.291. The van der Waals surface area contributed by atoms with Crippen LogP contribution in [0.15, 0.2) is 5.38 Å². The van der Waals surface area contributed by atoms with Crippen LogP contribution in [0.2, 0.25) is 0 Å². The first-order valence-corrected chi connectivity index (χ1v) is 6.88. The monoisotopic (exact) mass is 257 g/mol. The minimum atomic E-state index is 0.291. The maximum absolute atomic E-state index is 5.53. The van der Waals surface area contributed by atoms with E-state index in [4.69, 9.17) is 4.74 Å². The van der Waals surface area contributed by atoms with Crippen LogP contribution in [0.3, 0.4) is 0 Å². The third-order valence-corrected chi connectivity index (χ3v) is 3.56. The van der Waals surface area contributed by atoms with Crippen LogP contribution >= 0.6 is 11.3 Å². The Bertz CT molecular complexity index is 327. The Morgan fingerprint density at radius 1 is 1.47 bits per heavy atom. The van der Waals surface area contributed by atoms with E-state index in [1.165, 1.54) is 0 Å². The van der Waals surface area contributed by atoms with Gasteiger partial charge in [0, 0.05) is 25.0 Å². The summed E-state index contributed by atoms with van der Waals surface area (Å²) < 4.78 is 5.53. The van der Waals surface area contributed by atoms with Crippen molar-refractivity contribution in [2.75, 3.05) is 32.1 Å². The summed E-state index contributed by atoms with van der Waals surface area (Å²) >= 11 is 1.68. The highest BCUT2D eigenvalue weighted by atomic mass is 32.1. The highest BCUT2D eigenvalue weighted by Gasteiger charge is 2.10. The van der Waals surface area contributed by atoms with Crippen LogP contribution in [0.5, 0.6) is 0 Å². The summed E-state index contributed by atoms with van der Waals surface area (Å²) in [6.07, 6.45) is 0.291. The molecule has 98 valence electrons. The van der Waals surface area contributed by atoms with Crippen LogP contribution < -0.4 is 10.2 Å². The Morgan fingerprint density at radius 2 is 2.18 bits per heavy atom. The van der Waals surface area contributed by atoms with Gasteiger partial charge in [0.15, 0.2) is 5.13 Å².